The van der Waals surface area contributed by atoms with Crippen LogP contribution in [0.15, 0.2) is 4.99 Å². The summed E-state index contributed by atoms with van der Waals surface area (Å²) in [6, 6.07) is -0.996. The molecule has 1 aliphatic heterocycles. The first kappa shape index (κ1) is 21.7. The minimum atomic E-state index is -1.15. The van der Waals surface area contributed by atoms with Crippen molar-refractivity contribution in [3.05, 3.63) is 0 Å². The molecule has 0 unspecified atom stereocenters. The predicted molar refractivity (Wildman–Crippen MR) is 89.0 cm³/mol. The van der Waals surface area contributed by atoms with Crippen molar-refractivity contribution in [2.45, 2.75) is 58.3 Å². The lowest BCUT2D eigenvalue weighted by molar-refractivity contribution is -0.222. The second-order valence-corrected chi connectivity index (χ2v) is 5.65. The van der Waals surface area contributed by atoms with Gasteiger partial charge in [0.25, 0.3) is 0 Å². The molecule has 144 valence electrons. The largest absolute Gasteiger partial charge is 0.463 e. The van der Waals surface area contributed by atoms with Crippen molar-refractivity contribution in [2.24, 2.45) is 4.99 Å². The Kier molecular flexibility index (Phi) is 8.30. The molecule has 0 radical (unpaired) electrons. The van der Waals surface area contributed by atoms with E-state index < -0.39 is 54.4 Å². The molecule has 26 heavy (non-hydrogen) atoms. The van der Waals surface area contributed by atoms with Gasteiger partial charge in [-0.1, -0.05) is 0 Å². The molecule has 1 heterocycles. The first-order chi connectivity index (χ1) is 12.1. The van der Waals surface area contributed by atoms with E-state index >= 15 is 0 Å². The number of aliphatic imine (C=N–C) groups is 1. The van der Waals surface area contributed by atoms with E-state index in [2.05, 4.69) is 27.7 Å². The molecule has 1 saturated heterocycles. The Bertz CT molecular complexity index is 619. The van der Waals surface area contributed by atoms with E-state index in [1.54, 1.807) is 0 Å². The van der Waals surface area contributed by atoms with Crippen molar-refractivity contribution in [1.29, 1.82) is 0 Å². The number of amides is 1. The third-order valence-electron chi connectivity index (χ3n) is 3.27. The van der Waals surface area contributed by atoms with Crippen molar-refractivity contribution in [2.75, 3.05) is 6.61 Å². The molecule has 0 aromatic carbocycles. The number of hydrogen-bond donors (Lipinski definition) is 1. The lowest BCUT2D eigenvalue weighted by Crippen LogP contribution is -2.65. The van der Waals surface area contributed by atoms with Gasteiger partial charge >= 0.3 is 17.9 Å². The molecule has 0 spiro atoms. The molecule has 1 rings (SSSR count). The molecule has 10 nitrogen and oxygen atoms in total. The van der Waals surface area contributed by atoms with E-state index in [0.29, 0.717) is 0 Å². The first-order valence-electron chi connectivity index (χ1n) is 7.63. The molecule has 1 N–H and O–H groups in total. The Balaban J connectivity index is 3.28. The Morgan fingerprint density at radius 2 is 1.62 bits per heavy atom. The van der Waals surface area contributed by atoms with Crippen LogP contribution in [0.5, 0.6) is 0 Å². The van der Waals surface area contributed by atoms with Crippen molar-refractivity contribution >= 4 is 41.2 Å². The van der Waals surface area contributed by atoms with Crippen LogP contribution in [0.3, 0.4) is 0 Å². The van der Waals surface area contributed by atoms with Gasteiger partial charge in [-0.2, -0.15) is 4.99 Å². The molecular formula is C15H20N2O8S. The Labute approximate surface area is 155 Å². The van der Waals surface area contributed by atoms with Crippen molar-refractivity contribution in [1.82, 2.24) is 5.32 Å². The molecule has 1 amide bonds. The summed E-state index contributed by atoms with van der Waals surface area (Å²) in [5.41, 5.74) is 0. The minimum absolute atomic E-state index is 0.290. The highest BCUT2D eigenvalue weighted by atomic mass is 32.1. The molecule has 5 atom stereocenters. The monoisotopic (exact) mass is 388 g/mol. The predicted octanol–water partition coefficient (Wildman–Crippen LogP) is -0.255. The topological polar surface area (TPSA) is 130 Å². The molecule has 0 aromatic heterocycles. The Hall–Kier alpha value is -2.36. The molecule has 1 aliphatic rings. The summed E-state index contributed by atoms with van der Waals surface area (Å²) in [4.78, 5) is 49.5. The van der Waals surface area contributed by atoms with Gasteiger partial charge in [0.1, 0.15) is 18.8 Å². The zero-order valence-corrected chi connectivity index (χ0v) is 15.5. The zero-order valence-electron chi connectivity index (χ0n) is 14.7. The van der Waals surface area contributed by atoms with E-state index in [1.807, 2.05) is 0 Å². The van der Waals surface area contributed by atoms with E-state index in [9.17, 15) is 19.2 Å². The first-order valence-corrected chi connectivity index (χ1v) is 8.03. The summed E-state index contributed by atoms with van der Waals surface area (Å²) >= 11 is 4.58. The Morgan fingerprint density at radius 1 is 1.04 bits per heavy atom. The van der Waals surface area contributed by atoms with Gasteiger partial charge in [0.05, 0.1) is 5.16 Å². The van der Waals surface area contributed by atoms with Crippen molar-refractivity contribution in [3.8, 4) is 0 Å². The normalized spacial score (nSPS) is 27.5. The van der Waals surface area contributed by atoms with Crippen LogP contribution >= 0.6 is 12.2 Å². The third kappa shape index (κ3) is 6.51. The van der Waals surface area contributed by atoms with Crippen LogP contribution in [-0.2, 0) is 38.1 Å². The van der Waals surface area contributed by atoms with Gasteiger partial charge in [0.2, 0.25) is 5.91 Å². The fraction of sp³-hybridized carbons (Fsp3) is 0.667. The van der Waals surface area contributed by atoms with Crippen LogP contribution in [-0.4, -0.2) is 66.2 Å². The number of nitrogens with one attached hydrogen (secondary N) is 1. The fourth-order valence-electron chi connectivity index (χ4n) is 2.47. The maximum absolute atomic E-state index is 11.5. The molecule has 1 fully saturated rings. The van der Waals surface area contributed by atoms with Crippen LogP contribution in [0.25, 0.3) is 0 Å². The highest BCUT2D eigenvalue weighted by molar-refractivity contribution is 7.78. The van der Waals surface area contributed by atoms with Crippen LogP contribution in [0.1, 0.15) is 27.7 Å². The Morgan fingerprint density at radius 3 is 2.08 bits per heavy atom. The van der Waals surface area contributed by atoms with Gasteiger partial charge in [-0.15, -0.1) is 0 Å². The number of rotatable bonds is 6. The summed E-state index contributed by atoms with van der Waals surface area (Å²) in [6.07, 6.45) is -4.39. The van der Waals surface area contributed by atoms with E-state index in [1.165, 1.54) is 13.8 Å². The number of carbonyl (C=O) groups is 4. The van der Waals surface area contributed by atoms with Crippen molar-refractivity contribution in [3.63, 3.8) is 0 Å². The molecule has 0 bridgehead atoms. The quantitative estimate of drug-likeness (QED) is 0.283. The fourth-order valence-corrected chi connectivity index (χ4v) is 2.57. The average Bonchev–Trinajstić information content (AvgIpc) is 2.50. The van der Waals surface area contributed by atoms with Crippen LogP contribution in [0.2, 0.25) is 0 Å². The molecular weight excluding hydrogens is 368 g/mol. The minimum Gasteiger partial charge on any atom is -0.463 e. The number of nitrogens with zero attached hydrogens (tertiary/aromatic N) is 1. The standard InChI is InChI=1S/C15H20N2O8S/c1-7(18)17-12-14(24-10(4)21)13(23-9(3)20)11(5-22-8(2)19)25-15(12)16-6-26/h11-15H,5H2,1-4H3,(H,17,18)/t11-,12-,13+,14-,15-/m0/s1. The summed E-state index contributed by atoms with van der Waals surface area (Å²) < 4.78 is 21.1. The van der Waals surface area contributed by atoms with Gasteiger partial charge in [-0.05, 0) is 12.2 Å². The van der Waals surface area contributed by atoms with E-state index in [-0.39, 0.29) is 6.61 Å². The molecule has 0 saturated carbocycles. The number of hydrogen-bond acceptors (Lipinski definition) is 10. The SMILES string of the molecule is CC(=O)N[C@H]1[C@H](OC(C)=O)[C@H](OC(C)=O)[C@H](COC(C)=O)O[C@@H]1N=C=S. The highest BCUT2D eigenvalue weighted by Gasteiger charge is 2.50. The molecule has 0 aromatic rings. The maximum Gasteiger partial charge on any atom is 0.303 e. The maximum atomic E-state index is 11.5. The number of esters is 3. The lowest BCUT2D eigenvalue weighted by Gasteiger charge is -2.43. The number of isothiocyanates is 1. The van der Waals surface area contributed by atoms with Gasteiger partial charge in [0, 0.05) is 27.7 Å². The number of carbonyl (C=O) groups excluding carboxylic acids is 4. The van der Waals surface area contributed by atoms with Gasteiger partial charge in [-0.25, -0.2) is 0 Å². The van der Waals surface area contributed by atoms with Gasteiger partial charge in [0.15, 0.2) is 18.4 Å². The second kappa shape index (κ2) is 9.95. The zero-order chi connectivity index (χ0) is 19.9. The van der Waals surface area contributed by atoms with Gasteiger partial charge in [-0.3, -0.25) is 19.2 Å². The molecule has 0 aliphatic carbocycles. The van der Waals surface area contributed by atoms with Crippen LogP contribution < -0.4 is 5.32 Å². The van der Waals surface area contributed by atoms with Gasteiger partial charge < -0.3 is 24.3 Å². The van der Waals surface area contributed by atoms with Crippen LogP contribution in [0, 0.1) is 0 Å². The number of thiocarbonyl (C=S) groups is 1. The number of ether oxygens (including phenoxy) is 4. The smallest absolute Gasteiger partial charge is 0.303 e. The lowest BCUT2D eigenvalue weighted by atomic mass is 9.95. The summed E-state index contributed by atoms with van der Waals surface area (Å²) in [5, 5.41) is 4.67. The summed E-state index contributed by atoms with van der Waals surface area (Å²) in [5.74, 6) is -2.40. The molecule has 11 heteroatoms. The van der Waals surface area contributed by atoms with Crippen molar-refractivity contribution < 1.29 is 38.1 Å². The van der Waals surface area contributed by atoms with Crippen LogP contribution in [0.4, 0.5) is 0 Å². The average molecular weight is 388 g/mol. The summed E-state index contributed by atoms with van der Waals surface area (Å²) in [6.45, 7) is 4.46. The van der Waals surface area contributed by atoms with E-state index in [0.717, 1.165) is 13.8 Å². The highest BCUT2D eigenvalue weighted by Crippen LogP contribution is 2.27. The third-order valence-corrected chi connectivity index (χ3v) is 3.38. The van der Waals surface area contributed by atoms with E-state index in [4.69, 9.17) is 18.9 Å². The second-order valence-electron chi connectivity index (χ2n) is 5.46. The summed E-state index contributed by atoms with van der Waals surface area (Å²) in [7, 11) is 0.